The highest BCUT2D eigenvalue weighted by Gasteiger charge is 2.16. The molecule has 0 atom stereocenters. The lowest BCUT2D eigenvalue weighted by atomic mass is 10.3. The highest BCUT2D eigenvalue weighted by molar-refractivity contribution is 5.71. The van der Waals surface area contributed by atoms with E-state index in [9.17, 15) is 4.79 Å². The quantitative estimate of drug-likeness (QED) is 0.508. The molecule has 1 aliphatic heterocycles. The van der Waals surface area contributed by atoms with Crippen LogP contribution >= 0.6 is 0 Å². The number of nitrogens with zero attached hydrogens (tertiary/aromatic N) is 5. The van der Waals surface area contributed by atoms with E-state index in [0.29, 0.717) is 25.1 Å². The zero-order valence-corrected chi connectivity index (χ0v) is 8.70. The maximum absolute atomic E-state index is 10.4. The summed E-state index contributed by atoms with van der Waals surface area (Å²) in [6.45, 7) is 2.91. The standard InChI is InChI=1S/C10H11N5O/c11-8-14-3-5-15(6-4-14)10-2-1-9(7-16)12-13-10/h1-2,7H,3-6H2. The van der Waals surface area contributed by atoms with E-state index in [4.69, 9.17) is 5.26 Å². The molecule has 6 heteroatoms. The lowest BCUT2D eigenvalue weighted by Crippen LogP contribution is -2.44. The van der Waals surface area contributed by atoms with E-state index in [1.807, 2.05) is 0 Å². The number of rotatable bonds is 2. The number of carbonyl (C=O) groups is 1. The molecule has 0 unspecified atom stereocenters. The van der Waals surface area contributed by atoms with Gasteiger partial charge in [-0.05, 0) is 12.1 Å². The summed E-state index contributed by atoms with van der Waals surface area (Å²) >= 11 is 0. The van der Waals surface area contributed by atoms with Crippen LogP contribution in [0.3, 0.4) is 0 Å². The monoisotopic (exact) mass is 217 g/mol. The molecule has 0 N–H and O–H groups in total. The third-order valence-corrected chi connectivity index (χ3v) is 2.54. The molecule has 1 saturated heterocycles. The second kappa shape index (κ2) is 4.57. The first kappa shape index (κ1) is 10.4. The molecule has 1 fully saturated rings. The van der Waals surface area contributed by atoms with Gasteiger partial charge in [0, 0.05) is 26.2 Å². The Kier molecular flexibility index (Phi) is 2.96. The Morgan fingerprint density at radius 3 is 2.50 bits per heavy atom. The van der Waals surface area contributed by atoms with Crippen molar-refractivity contribution in [2.24, 2.45) is 0 Å². The van der Waals surface area contributed by atoms with Crippen molar-refractivity contribution in [3.63, 3.8) is 0 Å². The second-order valence-electron chi connectivity index (χ2n) is 3.51. The third-order valence-electron chi connectivity index (χ3n) is 2.54. The smallest absolute Gasteiger partial charge is 0.179 e. The summed E-state index contributed by atoms with van der Waals surface area (Å²) in [4.78, 5) is 14.2. The number of nitriles is 1. The number of anilines is 1. The number of aromatic nitrogens is 2. The van der Waals surface area contributed by atoms with Crippen LogP contribution in [0.25, 0.3) is 0 Å². The number of hydrogen-bond acceptors (Lipinski definition) is 6. The summed E-state index contributed by atoms with van der Waals surface area (Å²) in [5, 5.41) is 16.4. The van der Waals surface area contributed by atoms with Gasteiger partial charge in [-0.2, -0.15) is 5.26 Å². The summed E-state index contributed by atoms with van der Waals surface area (Å²) in [6.07, 6.45) is 2.79. The Bertz CT molecular complexity index is 402. The molecule has 6 nitrogen and oxygen atoms in total. The van der Waals surface area contributed by atoms with Gasteiger partial charge in [0.25, 0.3) is 0 Å². The minimum Gasteiger partial charge on any atom is -0.352 e. The van der Waals surface area contributed by atoms with E-state index in [1.165, 1.54) is 0 Å². The zero-order chi connectivity index (χ0) is 11.4. The van der Waals surface area contributed by atoms with Gasteiger partial charge in [0.2, 0.25) is 0 Å². The third kappa shape index (κ3) is 2.08. The lowest BCUT2D eigenvalue weighted by Gasteiger charge is -2.31. The van der Waals surface area contributed by atoms with Crippen LogP contribution in [0, 0.1) is 11.5 Å². The van der Waals surface area contributed by atoms with E-state index < -0.39 is 0 Å². The Morgan fingerprint density at radius 2 is 2.00 bits per heavy atom. The summed E-state index contributed by atoms with van der Waals surface area (Å²) in [6, 6.07) is 3.42. The van der Waals surface area contributed by atoms with Crippen LogP contribution in [0.2, 0.25) is 0 Å². The summed E-state index contributed by atoms with van der Waals surface area (Å²) < 4.78 is 0. The van der Waals surface area contributed by atoms with E-state index in [1.54, 1.807) is 17.0 Å². The molecule has 0 amide bonds. The minimum absolute atomic E-state index is 0.333. The van der Waals surface area contributed by atoms with E-state index >= 15 is 0 Å². The van der Waals surface area contributed by atoms with Gasteiger partial charge >= 0.3 is 0 Å². The summed E-state index contributed by atoms with van der Waals surface area (Å²) in [5.41, 5.74) is 0.333. The van der Waals surface area contributed by atoms with Crippen molar-refractivity contribution >= 4 is 12.1 Å². The molecule has 0 saturated carbocycles. The maximum Gasteiger partial charge on any atom is 0.179 e. The second-order valence-corrected chi connectivity index (χ2v) is 3.51. The van der Waals surface area contributed by atoms with Gasteiger partial charge < -0.3 is 9.80 Å². The van der Waals surface area contributed by atoms with Crippen molar-refractivity contribution in [1.82, 2.24) is 15.1 Å². The van der Waals surface area contributed by atoms with E-state index in [0.717, 1.165) is 18.9 Å². The van der Waals surface area contributed by atoms with Gasteiger partial charge in [0.15, 0.2) is 18.3 Å². The largest absolute Gasteiger partial charge is 0.352 e. The highest BCUT2D eigenvalue weighted by atomic mass is 16.1. The first-order valence-corrected chi connectivity index (χ1v) is 5.02. The summed E-state index contributed by atoms with van der Waals surface area (Å²) in [7, 11) is 0. The maximum atomic E-state index is 10.4. The Labute approximate surface area is 93.1 Å². The molecule has 0 bridgehead atoms. The molecule has 0 aliphatic carbocycles. The SMILES string of the molecule is N#CN1CCN(c2ccc(C=O)nn2)CC1. The molecule has 82 valence electrons. The number of aldehydes is 1. The van der Waals surface area contributed by atoms with Crippen LogP contribution in [-0.2, 0) is 0 Å². The molecule has 0 aromatic carbocycles. The predicted molar refractivity (Wildman–Crippen MR) is 56.8 cm³/mol. The first-order chi connectivity index (χ1) is 7.83. The van der Waals surface area contributed by atoms with Crippen LogP contribution in [0.4, 0.5) is 5.82 Å². The average molecular weight is 217 g/mol. The highest BCUT2D eigenvalue weighted by Crippen LogP contribution is 2.11. The predicted octanol–water partition coefficient (Wildman–Crippen LogP) is -0.108. The fourth-order valence-electron chi connectivity index (χ4n) is 1.60. The fraction of sp³-hybridized carbons (Fsp3) is 0.400. The van der Waals surface area contributed by atoms with Crippen molar-refractivity contribution < 1.29 is 4.79 Å². The van der Waals surface area contributed by atoms with Crippen molar-refractivity contribution in [1.29, 1.82) is 5.26 Å². The van der Waals surface area contributed by atoms with Gasteiger partial charge in [-0.25, -0.2) is 0 Å². The Balaban J connectivity index is 2.03. The van der Waals surface area contributed by atoms with Gasteiger partial charge in [0.1, 0.15) is 5.69 Å². The fourth-order valence-corrected chi connectivity index (χ4v) is 1.60. The van der Waals surface area contributed by atoms with Crippen LogP contribution in [-0.4, -0.2) is 47.6 Å². The molecular weight excluding hydrogens is 206 g/mol. The average Bonchev–Trinajstić information content (AvgIpc) is 2.39. The van der Waals surface area contributed by atoms with Crippen LogP contribution in [0.15, 0.2) is 12.1 Å². The van der Waals surface area contributed by atoms with Crippen LogP contribution in [0.1, 0.15) is 10.5 Å². The number of piperazine rings is 1. The molecule has 1 aromatic rings. The van der Waals surface area contributed by atoms with Crippen molar-refractivity contribution in [3.05, 3.63) is 17.8 Å². The number of hydrogen-bond donors (Lipinski definition) is 0. The molecule has 1 aromatic heterocycles. The van der Waals surface area contributed by atoms with Gasteiger partial charge in [-0.3, -0.25) is 4.79 Å². The van der Waals surface area contributed by atoms with Crippen molar-refractivity contribution in [3.8, 4) is 6.19 Å². The molecular formula is C10H11N5O. The first-order valence-electron chi connectivity index (χ1n) is 5.02. The van der Waals surface area contributed by atoms with Crippen LogP contribution < -0.4 is 4.90 Å². The topological polar surface area (TPSA) is 73.1 Å². The van der Waals surface area contributed by atoms with Crippen molar-refractivity contribution in [2.75, 3.05) is 31.1 Å². The van der Waals surface area contributed by atoms with E-state index in [-0.39, 0.29) is 0 Å². The molecule has 0 spiro atoms. The minimum atomic E-state index is 0.333. The normalized spacial score (nSPS) is 15.7. The Hall–Kier alpha value is -2.16. The zero-order valence-electron chi connectivity index (χ0n) is 8.70. The van der Waals surface area contributed by atoms with E-state index in [2.05, 4.69) is 21.3 Å². The number of carbonyl (C=O) groups excluding carboxylic acids is 1. The van der Waals surface area contributed by atoms with Crippen LogP contribution in [0.5, 0.6) is 0 Å². The van der Waals surface area contributed by atoms with Gasteiger partial charge in [-0.15, -0.1) is 10.2 Å². The molecule has 1 aliphatic rings. The molecule has 2 heterocycles. The molecule has 16 heavy (non-hydrogen) atoms. The summed E-state index contributed by atoms with van der Waals surface area (Å²) in [5.74, 6) is 0.753. The van der Waals surface area contributed by atoms with Gasteiger partial charge in [-0.1, -0.05) is 0 Å². The molecule has 0 radical (unpaired) electrons. The molecule has 2 rings (SSSR count). The van der Waals surface area contributed by atoms with Gasteiger partial charge in [0.05, 0.1) is 0 Å². The van der Waals surface area contributed by atoms with Crippen molar-refractivity contribution in [2.45, 2.75) is 0 Å². The Morgan fingerprint density at radius 1 is 1.25 bits per heavy atom. The lowest BCUT2D eigenvalue weighted by molar-refractivity contribution is 0.111.